The molecule has 1 unspecified atom stereocenters. The molecule has 0 nitrogen and oxygen atoms in total. The van der Waals surface area contributed by atoms with Crippen LogP contribution >= 0.6 is 0 Å². The van der Waals surface area contributed by atoms with Crippen molar-refractivity contribution < 1.29 is 16.6 Å². The number of benzene rings is 3. The molecule has 0 fully saturated rings. The van der Waals surface area contributed by atoms with Crippen LogP contribution < -0.4 is 0 Å². The van der Waals surface area contributed by atoms with Crippen LogP contribution in [0.5, 0.6) is 0 Å². The van der Waals surface area contributed by atoms with Crippen LogP contribution in [-0.4, -0.2) is 0 Å². The van der Waals surface area contributed by atoms with Gasteiger partial charge in [-0.1, -0.05) is 0 Å². The van der Waals surface area contributed by atoms with Crippen molar-refractivity contribution >= 4 is 0 Å². The molecule has 0 aliphatic heterocycles. The molecular formula is C33H38Ti. The summed E-state index contributed by atoms with van der Waals surface area (Å²) in [7, 11) is 0. The summed E-state index contributed by atoms with van der Waals surface area (Å²) in [5.74, 6) is 0. The van der Waals surface area contributed by atoms with E-state index >= 15 is 0 Å². The fourth-order valence-corrected chi connectivity index (χ4v) is 16.9. The van der Waals surface area contributed by atoms with Gasteiger partial charge >= 0.3 is 211 Å². The molecule has 1 heteroatoms. The minimum absolute atomic E-state index is 0.256. The van der Waals surface area contributed by atoms with Gasteiger partial charge < -0.3 is 0 Å². The molecule has 174 valence electrons. The third-order valence-electron chi connectivity index (χ3n) is 8.70. The quantitative estimate of drug-likeness (QED) is 0.281. The van der Waals surface area contributed by atoms with E-state index in [0.29, 0.717) is 0 Å². The predicted molar refractivity (Wildman–Crippen MR) is 143 cm³/mol. The number of hydrogen-bond donors (Lipinski definition) is 0. The Morgan fingerprint density at radius 3 is 1.53 bits per heavy atom. The summed E-state index contributed by atoms with van der Waals surface area (Å²) >= 11 is -2.76. The van der Waals surface area contributed by atoms with Gasteiger partial charge in [0.05, 0.1) is 0 Å². The summed E-state index contributed by atoms with van der Waals surface area (Å²) in [5.41, 5.74) is 9.89. The van der Waals surface area contributed by atoms with Crippen molar-refractivity contribution in [2.75, 3.05) is 0 Å². The van der Waals surface area contributed by atoms with Gasteiger partial charge in [-0.15, -0.1) is 0 Å². The fourth-order valence-electron chi connectivity index (χ4n) is 7.00. The Labute approximate surface area is 210 Å². The molecule has 3 aromatic rings. The van der Waals surface area contributed by atoms with Crippen molar-refractivity contribution in [3.63, 3.8) is 0 Å². The van der Waals surface area contributed by atoms with E-state index < -0.39 is 16.6 Å². The molecule has 0 radical (unpaired) electrons. The molecule has 2 aliphatic carbocycles. The molecule has 1 atom stereocenters. The van der Waals surface area contributed by atoms with E-state index in [9.17, 15) is 0 Å². The van der Waals surface area contributed by atoms with Crippen molar-refractivity contribution in [3.05, 3.63) is 130 Å². The first kappa shape index (κ1) is 23.6. The molecule has 0 amide bonds. The average molecular weight is 483 g/mol. The van der Waals surface area contributed by atoms with Crippen molar-refractivity contribution in [3.8, 4) is 0 Å². The predicted octanol–water partition coefficient (Wildman–Crippen LogP) is 9.14. The summed E-state index contributed by atoms with van der Waals surface area (Å²) in [6, 6.07) is 34.3. The summed E-state index contributed by atoms with van der Waals surface area (Å²) in [6.45, 7) is 5.11. The average Bonchev–Trinajstić information content (AvgIpc) is 3.19. The Hall–Kier alpha value is -2.15. The molecular weight excluding hydrogens is 444 g/mol. The van der Waals surface area contributed by atoms with E-state index in [-0.39, 0.29) is 3.72 Å². The van der Waals surface area contributed by atoms with E-state index in [1.807, 2.05) is 5.57 Å². The molecule has 0 aromatic heterocycles. The van der Waals surface area contributed by atoms with Crippen LogP contribution in [0, 0.1) is 0 Å². The third-order valence-corrected chi connectivity index (χ3v) is 18.1. The molecule has 34 heavy (non-hydrogen) atoms. The van der Waals surface area contributed by atoms with Gasteiger partial charge in [0.2, 0.25) is 0 Å². The molecule has 0 saturated carbocycles. The molecule has 0 bridgehead atoms. The number of rotatable bonds is 8. The minimum atomic E-state index is -2.76. The molecule has 3 aromatic carbocycles. The first-order valence-corrected chi connectivity index (χ1v) is 17.3. The zero-order valence-electron chi connectivity index (χ0n) is 20.9. The maximum atomic E-state index is 2.70. The van der Waals surface area contributed by atoms with E-state index in [1.54, 1.807) is 11.1 Å². The Morgan fingerprint density at radius 2 is 1.09 bits per heavy atom. The topological polar surface area (TPSA) is 0 Å². The number of hydrogen-bond acceptors (Lipinski definition) is 0. The van der Waals surface area contributed by atoms with Crippen LogP contribution in [0.4, 0.5) is 0 Å². The maximum absolute atomic E-state index is 2.76. The summed E-state index contributed by atoms with van der Waals surface area (Å²) < 4.78 is 4.08. The van der Waals surface area contributed by atoms with Crippen LogP contribution in [-0.2, 0) is 30.8 Å². The second-order valence-corrected chi connectivity index (χ2v) is 17.8. The second-order valence-electron chi connectivity index (χ2n) is 10.6. The summed E-state index contributed by atoms with van der Waals surface area (Å²) in [4.78, 5) is 0. The van der Waals surface area contributed by atoms with Gasteiger partial charge in [0.1, 0.15) is 0 Å². The van der Waals surface area contributed by atoms with Gasteiger partial charge in [-0.3, -0.25) is 0 Å². The van der Waals surface area contributed by atoms with Crippen LogP contribution in [0.15, 0.2) is 114 Å². The zero-order chi connectivity index (χ0) is 23.4. The van der Waals surface area contributed by atoms with Crippen LogP contribution in [0.3, 0.4) is 0 Å². The summed E-state index contributed by atoms with van der Waals surface area (Å²) in [6.07, 6.45) is 9.15. The molecule has 0 heterocycles. The second kappa shape index (κ2) is 10.2. The van der Waals surface area contributed by atoms with E-state index in [1.165, 1.54) is 63.0 Å². The Morgan fingerprint density at radius 1 is 0.647 bits per heavy atom. The standard InChI is InChI=1S/C12H17.3C7H7.Ti/c1-3-10-8-11-6-4-5-7-12(11)9(10)2;3*1-7-5-3-2-4-6-7;/h8H,3-7H2,1-2H3;3*2-6H,1H2;. The normalized spacial score (nSPS) is 20.2. The first-order chi connectivity index (χ1) is 16.6. The van der Waals surface area contributed by atoms with Crippen LogP contribution in [0.25, 0.3) is 0 Å². The van der Waals surface area contributed by atoms with Gasteiger partial charge in [-0.05, 0) is 0 Å². The van der Waals surface area contributed by atoms with Gasteiger partial charge in [-0.25, -0.2) is 0 Å². The van der Waals surface area contributed by atoms with Crippen LogP contribution in [0.2, 0.25) is 3.72 Å². The Bertz CT molecular complexity index is 1060. The Balaban J connectivity index is 1.73. The van der Waals surface area contributed by atoms with E-state index in [0.717, 1.165) is 0 Å². The van der Waals surface area contributed by atoms with Crippen molar-refractivity contribution in [2.45, 2.75) is 63.8 Å². The van der Waals surface area contributed by atoms with Crippen molar-refractivity contribution in [1.29, 1.82) is 0 Å². The van der Waals surface area contributed by atoms with Gasteiger partial charge in [-0.2, -0.15) is 0 Å². The van der Waals surface area contributed by atoms with Crippen molar-refractivity contribution in [2.24, 2.45) is 0 Å². The van der Waals surface area contributed by atoms with Crippen LogP contribution in [0.1, 0.15) is 62.6 Å². The fraction of sp³-hybridized carbons (Fsp3) is 0.333. The molecule has 0 spiro atoms. The Kier molecular flexibility index (Phi) is 7.10. The molecule has 0 N–H and O–H groups in total. The SMILES string of the molecule is CCC1=CC2=C(CCCC2)[C]1(C)[Ti]([CH2]c1ccccc1)([CH2]c1ccccc1)[CH2]c1ccccc1. The van der Waals surface area contributed by atoms with E-state index in [4.69, 9.17) is 0 Å². The van der Waals surface area contributed by atoms with E-state index in [2.05, 4.69) is 111 Å². The number of allylic oxidation sites excluding steroid dienone is 4. The van der Waals surface area contributed by atoms with Crippen molar-refractivity contribution in [1.82, 2.24) is 0 Å². The molecule has 2 aliphatic rings. The van der Waals surface area contributed by atoms with Gasteiger partial charge in [0.15, 0.2) is 0 Å². The third kappa shape index (κ3) is 4.44. The zero-order valence-corrected chi connectivity index (χ0v) is 22.5. The van der Waals surface area contributed by atoms with Gasteiger partial charge in [0, 0.05) is 0 Å². The van der Waals surface area contributed by atoms with Gasteiger partial charge in [0.25, 0.3) is 0 Å². The first-order valence-electron chi connectivity index (χ1n) is 13.2. The summed E-state index contributed by atoms with van der Waals surface area (Å²) in [5, 5.41) is 0. The monoisotopic (exact) mass is 482 g/mol. The molecule has 0 saturated heterocycles. The molecule has 5 rings (SSSR count).